The molecule has 1 saturated heterocycles. The van der Waals surface area contributed by atoms with Crippen molar-refractivity contribution in [2.45, 2.75) is 43.5 Å². The predicted molar refractivity (Wildman–Crippen MR) is 73.2 cm³/mol. The Bertz CT molecular complexity index is 490. The molecule has 1 aliphatic heterocycles. The van der Waals surface area contributed by atoms with E-state index >= 15 is 0 Å². The summed E-state index contributed by atoms with van der Waals surface area (Å²) >= 11 is 5.89. The van der Waals surface area contributed by atoms with Crippen LogP contribution in [0.3, 0.4) is 0 Å². The highest BCUT2D eigenvalue weighted by molar-refractivity contribution is 6.30. The number of aliphatic hydroxyl groups is 1. The Balaban J connectivity index is 1.70. The minimum atomic E-state index is -0.911. The first kappa shape index (κ1) is 14.3. The summed E-state index contributed by atoms with van der Waals surface area (Å²) in [5, 5.41) is 11.1. The third-order valence-corrected chi connectivity index (χ3v) is 4.52. The quantitative estimate of drug-likeness (QED) is 0.912. The largest absolute Gasteiger partial charge is 0.390 e. The summed E-state index contributed by atoms with van der Waals surface area (Å²) in [4.78, 5) is 0. The Hall–Kier alpha value is -0.680. The van der Waals surface area contributed by atoms with E-state index in [9.17, 15) is 9.50 Å². The van der Waals surface area contributed by atoms with Crippen LogP contribution >= 0.6 is 11.6 Å². The zero-order chi connectivity index (χ0) is 14.2. The van der Waals surface area contributed by atoms with E-state index in [1.54, 1.807) is 6.07 Å². The molecule has 1 saturated carbocycles. The summed E-state index contributed by atoms with van der Waals surface area (Å²) in [6.07, 6.45) is 2.64. The summed E-state index contributed by atoms with van der Waals surface area (Å²) in [7, 11) is 0. The fraction of sp³-hybridized carbons (Fsp3) is 0.600. The number of halogens is 2. The van der Waals surface area contributed by atoms with E-state index in [1.807, 2.05) is 0 Å². The van der Waals surface area contributed by atoms with Crippen LogP contribution in [0.1, 0.15) is 31.2 Å². The van der Waals surface area contributed by atoms with Crippen LogP contribution in [0.15, 0.2) is 18.2 Å². The van der Waals surface area contributed by atoms with Gasteiger partial charge in [0.25, 0.3) is 0 Å². The van der Waals surface area contributed by atoms with Gasteiger partial charge >= 0.3 is 0 Å². The average Bonchev–Trinajstić information content (AvgIpc) is 2.87. The Kier molecular flexibility index (Phi) is 3.75. The van der Waals surface area contributed by atoms with E-state index in [2.05, 4.69) is 0 Å². The molecule has 1 spiro atoms. The lowest BCUT2D eigenvalue weighted by molar-refractivity contribution is -0.202. The lowest BCUT2D eigenvalue weighted by atomic mass is 9.78. The maximum Gasteiger partial charge on any atom is 0.168 e. The van der Waals surface area contributed by atoms with E-state index in [1.165, 1.54) is 12.1 Å². The monoisotopic (exact) mass is 300 g/mol. The van der Waals surface area contributed by atoms with Crippen molar-refractivity contribution in [2.75, 3.05) is 13.2 Å². The second-order valence-corrected chi connectivity index (χ2v) is 6.18. The van der Waals surface area contributed by atoms with Gasteiger partial charge in [-0.05, 0) is 36.6 Å². The highest BCUT2D eigenvalue weighted by atomic mass is 35.5. The van der Waals surface area contributed by atoms with Crippen LogP contribution in [0.25, 0.3) is 0 Å². The molecule has 3 nitrogen and oxygen atoms in total. The van der Waals surface area contributed by atoms with Crippen molar-refractivity contribution in [3.05, 3.63) is 34.6 Å². The lowest BCUT2D eigenvalue weighted by Crippen LogP contribution is -2.44. The van der Waals surface area contributed by atoms with Crippen molar-refractivity contribution in [1.82, 2.24) is 0 Å². The fourth-order valence-electron chi connectivity index (χ4n) is 3.09. The summed E-state index contributed by atoms with van der Waals surface area (Å²) in [6.45, 7) is 1.22. The van der Waals surface area contributed by atoms with E-state index in [-0.39, 0.29) is 12.2 Å². The summed E-state index contributed by atoms with van der Waals surface area (Å²) in [5.41, 5.74) is -0.448. The number of ether oxygens (including phenoxy) is 2. The lowest BCUT2D eigenvalue weighted by Gasteiger charge is -2.40. The molecule has 1 aliphatic carbocycles. The third-order valence-electron chi connectivity index (χ3n) is 4.28. The summed E-state index contributed by atoms with van der Waals surface area (Å²) in [5.74, 6) is -0.837. The first-order chi connectivity index (χ1) is 9.50. The highest BCUT2D eigenvalue weighted by Crippen LogP contribution is 2.41. The molecular formula is C15H18ClFO3. The van der Waals surface area contributed by atoms with Crippen LogP contribution in [0.2, 0.25) is 5.02 Å². The molecule has 110 valence electrons. The Morgan fingerprint density at radius 3 is 2.45 bits per heavy atom. The normalized spacial score (nSPS) is 24.1. The van der Waals surface area contributed by atoms with Crippen molar-refractivity contribution < 1.29 is 19.0 Å². The molecule has 5 heteroatoms. The van der Waals surface area contributed by atoms with Crippen LogP contribution < -0.4 is 0 Å². The molecule has 1 aromatic carbocycles. The number of hydrogen-bond acceptors (Lipinski definition) is 3. The fourth-order valence-corrected chi connectivity index (χ4v) is 3.29. The van der Waals surface area contributed by atoms with Crippen molar-refractivity contribution in [1.29, 1.82) is 0 Å². The number of benzene rings is 1. The van der Waals surface area contributed by atoms with Crippen LogP contribution in [0.4, 0.5) is 4.39 Å². The van der Waals surface area contributed by atoms with E-state index in [4.69, 9.17) is 21.1 Å². The molecule has 0 unspecified atom stereocenters. The second-order valence-electron chi connectivity index (χ2n) is 5.74. The number of rotatable bonds is 2. The van der Waals surface area contributed by atoms with Crippen molar-refractivity contribution >= 4 is 11.6 Å². The maximum absolute atomic E-state index is 13.8. The van der Waals surface area contributed by atoms with Gasteiger partial charge in [0.2, 0.25) is 0 Å². The first-order valence-corrected chi connectivity index (χ1v) is 7.32. The van der Waals surface area contributed by atoms with Gasteiger partial charge < -0.3 is 14.6 Å². The Labute approximate surface area is 122 Å². The van der Waals surface area contributed by atoms with Crippen molar-refractivity contribution in [3.63, 3.8) is 0 Å². The molecule has 0 radical (unpaired) electrons. The minimum absolute atomic E-state index is 0.273. The van der Waals surface area contributed by atoms with Crippen molar-refractivity contribution in [3.8, 4) is 0 Å². The molecule has 2 aliphatic rings. The van der Waals surface area contributed by atoms with Gasteiger partial charge in [0.05, 0.1) is 18.8 Å². The van der Waals surface area contributed by atoms with Crippen LogP contribution in [-0.4, -0.2) is 29.7 Å². The van der Waals surface area contributed by atoms with Crippen LogP contribution in [-0.2, 0) is 15.9 Å². The zero-order valence-electron chi connectivity index (χ0n) is 11.2. The van der Waals surface area contributed by atoms with Crippen LogP contribution in [0, 0.1) is 5.82 Å². The van der Waals surface area contributed by atoms with Gasteiger partial charge in [-0.2, -0.15) is 0 Å². The molecule has 1 aromatic rings. The standard InChI is InChI=1S/C15H18ClFO3/c16-12-1-2-13(17)11(9-12)10-14(18)3-5-15(6-4-14)19-7-8-20-15/h1-2,9,18H,3-8,10H2. The van der Waals surface area contributed by atoms with Gasteiger partial charge in [0.1, 0.15) is 5.82 Å². The number of hydrogen-bond donors (Lipinski definition) is 1. The van der Waals surface area contributed by atoms with Crippen molar-refractivity contribution in [2.24, 2.45) is 0 Å². The minimum Gasteiger partial charge on any atom is -0.390 e. The van der Waals surface area contributed by atoms with E-state index < -0.39 is 11.4 Å². The second kappa shape index (κ2) is 5.26. The molecule has 0 atom stereocenters. The molecule has 2 fully saturated rings. The highest BCUT2D eigenvalue weighted by Gasteiger charge is 2.45. The zero-order valence-corrected chi connectivity index (χ0v) is 12.0. The van der Waals surface area contributed by atoms with Gasteiger partial charge in [-0.25, -0.2) is 4.39 Å². The third kappa shape index (κ3) is 2.84. The van der Waals surface area contributed by atoms with Gasteiger partial charge in [-0.3, -0.25) is 0 Å². The Morgan fingerprint density at radius 1 is 1.15 bits per heavy atom. The van der Waals surface area contributed by atoms with Gasteiger partial charge in [-0.15, -0.1) is 0 Å². The molecular weight excluding hydrogens is 283 g/mol. The predicted octanol–water partition coefficient (Wildman–Crippen LogP) is 3.07. The SMILES string of the molecule is OC1(Cc2cc(Cl)ccc2F)CCC2(CC1)OCCO2. The van der Waals surface area contributed by atoms with Gasteiger partial charge in [-0.1, -0.05) is 11.6 Å². The molecule has 0 bridgehead atoms. The Morgan fingerprint density at radius 2 is 1.80 bits per heavy atom. The molecule has 3 rings (SSSR count). The van der Waals surface area contributed by atoms with E-state index in [0.29, 0.717) is 49.5 Å². The molecule has 20 heavy (non-hydrogen) atoms. The van der Waals surface area contributed by atoms with Gasteiger partial charge in [0, 0.05) is 24.3 Å². The molecule has 0 amide bonds. The van der Waals surface area contributed by atoms with E-state index in [0.717, 1.165) is 0 Å². The topological polar surface area (TPSA) is 38.7 Å². The first-order valence-electron chi connectivity index (χ1n) is 6.95. The van der Waals surface area contributed by atoms with Gasteiger partial charge in [0.15, 0.2) is 5.79 Å². The smallest absolute Gasteiger partial charge is 0.168 e. The summed E-state index contributed by atoms with van der Waals surface area (Å²) < 4.78 is 25.0. The maximum atomic E-state index is 13.8. The summed E-state index contributed by atoms with van der Waals surface area (Å²) in [6, 6.07) is 4.44. The average molecular weight is 301 g/mol. The molecule has 1 heterocycles. The molecule has 0 aromatic heterocycles. The molecule has 1 N–H and O–H groups in total. The van der Waals surface area contributed by atoms with Crippen LogP contribution in [0.5, 0.6) is 0 Å².